The number of hydrogen-bond acceptors (Lipinski definition) is 11. The van der Waals surface area contributed by atoms with Crippen molar-refractivity contribution < 1.29 is 23.0 Å². The Morgan fingerprint density at radius 3 is 2.63 bits per heavy atom. The SMILES string of the molecule is CC#N.N#CN1CCN(c2nc(OCC34CCCN3C3Cn5nccc5C3C4)nc3c(F)c(-c4cc(O)cc5ccc(F)c(F)c45)ncc23)CC1. The summed E-state index contributed by atoms with van der Waals surface area (Å²) < 4.78 is 54.8. The van der Waals surface area contributed by atoms with Gasteiger partial charge < -0.3 is 19.6 Å². The normalized spacial score (nSPS) is 22.2. The molecule has 0 saturated carbocycles. The van der Waals surface area contributed by atoms with Crippen LogP contribution in [0, 0.1) is 40.2 Å². The minimum absolute atomic E-state index is 0.00224. The minimum Gasteiger partial charge on any atom is -0.508 e. The van der Waals surface area contributed by atoms with E-state index in [9.17, 15) is 14.8 Å². The number of rotatable bonds is 5. The van der Waals surface area contributed by atoms with Gasteiger partial charge in [-0.2, -0.15) is 25.6 Å². The highest BCUT2D eigenvalue weighted by atomic mass is 19.2. The zero-order valence-electron chi connectivity index (χ0n) is 27.7. The van der Waals surface area contributed by atoms with Crippen LogP contribution in [0.15, 0.2) is 42.7 Å². The lowest BCUT2D eigenvalue weighted by Crippen LogP contribution is -2.47. The average Bonchev–Trinajstić information content (AvgIpc) is 3.89. The van der Waals surface area contributed by atoms with Gasteiger partial charge in [-0.05, 0) is 55.5 Å². The van der Waals surface area contributed by atoms with E-state index in [1.807, 2.05) is 11.1 Å². The summed E-state index contributed by atoms with van der Waals surface area (Å²) in [4.78, 5) is 19.8. The smallest absolute Gasteiger partial charge is 0.319 e. The highest BCUT2D eigenvalue weighted by Crippen LogP contribution is 2.52. The molecule has 7 heterocycles. The average molecular weight is 695 g/mol. The third-order valence-corrected chi connectivity index (χ3v) is 10.7. The number of piperazine rings is 1. The van der Waals surface area contributed by atoms with Crippen molar-refractivity contribution >= 4 is 27.5 Å². The molecular weight excluding hydrogens is 661 g/mol. The van der Waals surface area contributed by atoms with Crippen molar-refractivity contribution in [2.45, 2.75) is 50.2 Å². The van der Waals surface area contributed by atoms with Crippen LogP contribution in [-0.4, -0.2) is 90.6 Å². The van der Waals surface area contributed by atoms with Gasteiger partial charge in [0.1, 0.15) is 29.4 Å². The number of nitriles is 2. The van der Waals surface area contributed by atoms with E-state index >= 15 is 8.78 Å². The molecule has 15 heteroatoms. The highest BCUT2D eigenvalue weighted by molar-refractivity contribution is 6.00. The molecule has 3 saturated heterocycles. The van der Waals surface area contributed by atoms with Gasteiger partial charge in [-0.1, -0.05) is 6.07 Å². The van der Waals surface area contributed by atoms with Crippen LogP contribution in [0.2, 0.25) is 0 Å². The molecule has 4 aliphatic heterocycles. The summed E-state index contributed by atoms with van der Waals surface area (Å²) in [6, 6.07) is 8.91. The predicted octanol–water partition coefficient (Wildman–Crippen LogP) is 5.08. The summed E-state index contributed by atoms with van der Waals surface area (Å²) in [5, 5.41) is 31.9. The largest absolute Gasteiger partial charge is 0.508 e. The molecule has 0 amide bonds. The summed E-state index contributed by atoms with van der Waals surface area (Å²) in [5.41, 5.74) is 0.532. The van der Waals surface area contributed by atoms with Crippen LogP contribution in [0.3, 0.4) is 0 Å². The number of benzene rings is 2. The van der Waals surface area contributed by atoms with Crippen LogP contribution in [0.5, 0.6) is 11.8 Å². The van der Waals surface area contributed by atoms with E-state index in [0.29, 0.717) is 55.9 Å². The van der Waals surface area contributed by atoms with Gasteiger partial charge >= 0.3 is 6.01 Å². The summed E-state index contributed by atoms with van der Waals surface area (Å²) in [6.07, 6.45) is 8.34. The summed E-state index contributed by atoms with van der Waals surface area (Å²) >= 11 is 0. The Morgan fingerprint density at radius 2 is 1.84 bits per heavy atom. The van der Waals surface area contributed by atoms with Crippen molar-refractivity contribution in [2.24, 2.45) is 0 Å². The standard InChI is InChI=1S/C34H30F3N9O2.C2H3N/c35-24-3-2-19-12-20(47)13-21(27(19)28(24)36)30-29(37)31-23(15-39-30)32(44-10-8-43(18-38)9-11-44)42-33(41-31)48-17-34-5-1-7-45(34)26-16-46-25(4-6-40-46)22(26)14-34;1-2-3/h2-4,6,12-13,15,22,26,47H,1,5,7-11,14,16-17H2;1H3. The first-order chi connectivity index (χ1) is 24.7. The molecule has 9 rings (SSSR count). The Hall–Kier alpha value is -5.67. The van der Waals surface area contributed by atoms with Crippen molar-refractivity contribution in [3.8, 4) is 35.3 Å². The van der Waals surface area contributed by atoms with E-state index in [0.717, 1.165) is 38.4 Å². The molecule has 3 unspecified atom stereocenters. The second-order valence-corrected chi connectivity index (χ2v) is 13.4. The van der Waals surface area contributed by atoms with Gasteiger partial charge in [0, 0.05) is 74.1 Å². The van der Waals surface area contributed by atoms with Gasteiger partial charge in [-0.25, -0.2) is 13.2 Å². The number of aromatic nitrogens is 5. The van der Waals surface area contributed by atoms with Crippen molar-refractivity contribution in [3.63, 3.8) is 0 Å². The van der Waals surface area contributed by atoms with E-state index in [4.69, 9.17) is 15.0 Å². The number of nitrogens with zero attached hydrogens (tertiary/aromatic N) is 10. The topological polar surface area (TPSA) is 143 Å². The molecule has 260 valence electrons. The molecule has 0 bridgehead atoms. The van der Waals surface area contributed by atoms with Gasteiger partial charge in [0.2, 0.25) is 0 Å². The molecule has 3 atom stereocenters. The Balaban J connectivity index is 0.00000121. The van der Waals surface area contributed by atoms with Crippen LogP contribution >= 0.6 is 0 Å². The van der Waals surface area contributed by atoms with E-state index in [-0.39, 0.29) is 44.8 Å². The van der Waals surface area contributed by atoms with E-state index in [1.165, 1.54) is 37.0 Å². The van der Waals surface area contributed by atoms with E-state index in [2.05, 4.69) is 36.9 Å². The molecule has 0 aliphatic carbocycles. The molecule has 4 aliphatic rings. The maximum absolute atomic E-state index is 16.7. The molecule has 2 aromatic carbocycles. The van der Waals surface area contributed by atoms with E-state index in [1.54, 1.807) is 11.0 Å². The quantitative estimate of drug-likeness (QED) is 0.246. The lowest BCUT2D eigenvalue weighted by Gasteiger charge is -2.35. The first-order valence-electron chi connectivity index (χ1n) is 16.8. The van der Waals surface area contributed by atoms with Crippen LogP contribution in [-0.2, 0) is 6.54 Å². The Morgan fingerprint density at radius 1 is 1.04 bits per heavy atom. The van der Waals surface area contributed by atoms with Crippen LogP contribution in [0.25, 0.3) is 32.9 Å². The summed E-state index contributed by atoms with van der Waals surface area (Å²) in [7, 11) is 0. The Bertz CT molecular complexity index is 2260. The molecular formula is C36H33F3N10O2. The molecule has 5 aromatic rings. The number of aromatic hydroxyl groups is 1. The summed E-state index contributed by atoms with van der Waals surface area (Å²) in [5.74, 6) is -2.63. The van der Waals surface area contributed by atoms with Crippen molar-refractivity contribution in [3.05, 3.63) is 65.9 Å². The number of ether oxygens (including phenoxy) is 1. The molecule has 12 nitrogen and oxygen atoms in total. The van der Waals surface area contributed by atoms with Gasteiger partial charge in [-0.3, -0.25) is 14.6 Å². The van der Waals surface area contributed by atoms with Gasteiger partial charge in [0.05, 0.1) is 23.5 Å². The van der Waals surface area contributed by atoms with Crippen molar-refractivity contribution in [2.75, 3.05) is 44.2 Å². The zero-order valence-corrected chi connectivity index (χ0v) is 27.7. The number of halogens is 3. The third kappa shape index (κ3) is 5.31. The number of phenols is 1. The third-order valence-electron chi connectivity index (χ3n) is 10.7. The number of phenolic OH excluding ortho intramolecular Hbond substituents is 1. The van der Waals surface area contributed by atoms with Gasteiger partial charge in [0.15, 0.2) is 23.6 Å². The van der Waals surface area contributed by atoms with Crippen LogP contribution < -0.4 is 9.64 Å². The minimum atomic E-state index is -1.17. The van der Waals surface area contributed by atoms with Crippen molar-refractivity contribution in [1.29, 1.82) is 10.5 Å². The summed E-state index contributed by atoms with van der Waals surface area (Å²) in [6.45, 7) is 5.39. The number of pyridine rings is 1. The number of anilines is 1. The lowest BCUT2D eigenvalue weighted by atomic mass is 9.88. The van der Waals surface area contributed by atoms with Crippen LogP contribution in [0.1, 0.15) is 37.8 Å². The first-order valence-corrected chi connectivity index (χ1v) is 16.8. The second kappa shape index (κ2) is 12.6. The maximum atomic E-state index is 16.7. The lowest BCUT2D eigenvalue weighted by molar-refractivity contribution is 0.0803. The fourth-order valence-corrected chi connectivity index (χ4v) is 8.49. The molecule has 51 heavy (non-hydrogen) atoms. The zero-order chi connectivity index (χ0) is 35.4. The van der Waals surface area contributed by atoms with E-state index < -0.39 is 17.5 Å². The maximum Gasteiger partial charge on any atom is 0.319 e. The van der Waals surface area contributed by atoms with Gasteiger partial charge in [0.25, 0.3) is 0 Å². The molecule has 3 fully saturated rings. The number of hydrogen-bond donors (Lipinski definition) is 1. The fourth-order valence-electron chi connectivity index (χ4n) is 8.49. The predicted molar refractivity (Wildman–Crippen MR) is 180 cm³/mol. The second-order valence-electron chi connectivity index (χ2n) is 13.4. The Kier molecular flexibility index (Phi) is 8.03. The number of fused-ring (bicyclic) bond motifs is 7. The first kappa shape index (κ1) is 32.5. The molecule has 3 aromatic heterocycles. The molecule has 0 spiro atoms. The Labute approximate surface area is 290 Å². The molecule has 1 N–H and O–H groups in total. The highest BCUT2D eigenvalue weighted by Gasteiger charge is 2.57. The molecule has 0 radical (unpaired) electrons. The van der Waals surface area contributed by atoms with Crippen molar-refractivity contribution in [1.82, 2.24) is 34.5 Å². The van der Waals surface area contributed by atoms with Gasteiger partial charge in [-0.15, -0.1) is 0 Å². The monoisotopic (exact) mass is 694 g/mol. The van der Waals surface area contributed by atoms with Crippen LogP contribution in [0.4, 0.5) is 19.0 Å². The fraction of sp³-hybridized carbons (Fsp3) is 0.389.